The Morgan fingerprint density at radius 2 is 1.89 bits per heavy atom. The van der Waals surface area contributed by atoms with Gasteiger partial charge in [-0.1, -0.05) is 18.2 Å². The molecular weight excluding hydrogens is 250 g/mol. The molecule has 0 radical (unpaired) electrons. The van der Waals surface area contributed by atoms with Crippen molar-refractivity contribution in [3.8, 4) is 5.75 Å². The highest BCUT2D eigenvalue weighted by molar-refractivity contribution is 5.84. The molecule has 0 saturated heterocycles. The van der Waals surface area contributed by atoms with Crippen molar-refractivity contribution in [2.45, 2.75) is 19.9 Å². The van der Waals surface area contributed by atoms with Crippen LogP contribution in [0, 0.1) is 13.8 Å². The normalized spacial score (nSPS) is 11.7. The molecule has 0 aliphatic carbocycles. The van der Waals surface area contributed by atoms with E-state index in [1.54, 1.807) is 0 Å². The number of carboxylic acids is 1. The topological polar surface area (TPSA) is 95.9 Å². The molecule has 0 aliphatic heterocycles. The van der Waals surface area contributed by atoms with Gasteiger partial charge in [0.15, 0.2) is 6.61 Å². The molecule has 1 amide bonds. The highest BCUT2D eigenvalue weighted by Crippen LogP contribution is 2.21. The van der Waals surface area contributed by atoms with Crippen LogP contribution in [-0.4, -0.2) is 41.3 Å². The number of aliphatic hydroxyl groups excluding tert-OH is 1. The van der Waals surface area contributed by atoms with E-state index < -0.39 is 24.5 Å². The number of amides is 1. The first-order valence-corrected chi connectivity index (χ1v) is 5.77. The Balaban J connectivity index is 2.57. The van der Waals surface area contributed by atoms with Crippen molar-refractivity contribution in [1.82, 2.24) is 5.32 Å². The number of carboxylic acid groups (broad SMARTS) is 1. The zero-order valence-corrected chi connectivity index (χ0v) is 10.8. The van der Waals surface area contributed by atoms with E-state index in [-0.39, 0.29) is 6.61 Å². The van der Waals surface area contributed by atoms with Gasteiger partial charge in [-0.05, 0) is 25.0 Å². The fraction of sp³-hybridized carbons (Fsp3) is 0.385. The summed E-state index contributed by atoms with van der Waals surface area (Å²) in [5.74, 6) is -1.28. The minimum Gasteiger partial charge on any atom is -0.483 e. The third-order valence-corrected chi connectivity index (χ3v) is 2.57. The summed E-state index contributed by atoms with van der Waals surface area (Å²) in [6.45, 7) is 2.75. The van der Waals surface area contributed by atoms with E-state index in [1.165, 1.54) is 0 Å². The predicted octanol–water partition coefficient (Wildman–Crippen LogP) is 0.244. The maximum absolute atomic E-state index is 11.5. The number of nitrogens with one attached hydrogen (secondary N) is 1. The monoisotopic (exact) mass is 267 g/mol. The van der Waals surface area contributed by atoms with Crippen LogP contribution in [0.1, 0.15) is 11.1 Å². The first kappa shape index (κ1) is 15.0. The Kier molecular flexibility index (Phi) is 5.32. The predicted molar refractivity (Wildman–Crippen MR) is 68.1 cm³/mol. The highest BCUT2D eigenvalue weighted by atomic mass is 16.5. The number of para-hydroxylation sites is 1. The summed E-state index contributed by atoms with van der Waals surface area (Å²) < 4.78 is 5.37. The maximum atomic E-state index is 11.5. The second kappa shape index (κ2) is 6.75. The fourth-order valence-corrected chi connectivity index (χ4v) is 1.59. The summed E-state index contributed by atoms with van der Waals surface area (Å²) in [6, 6.07) is 4.28. The largest absolute Gasteiger partial charge is 0.483 e. The lowest BCUT2D eigenvalue weighted by Gasteiger charge is -2.14. The molecule has 1 aromatic carbocycles. The lowest BCUT2D eigenvalue weighted by Crippen LogP contribution is -2.45. The van der Waals surface area contributed by atoms with Crippen molar-refractivity contribution in [1.29, 1.82) is 0 Å². The van der Waals surface area contributed by atoms with E-state index in [9.17, 15) is 9.59 Å². The van der Waals surface area contributed by atoms with E-state index in [4.69, 9.17) is 14.9 Å². The van der Waals surface area contributed by atoms with Gasteiger partial charge >= 0.3 is 5.97 Å². The van der Waals surface area contributed by atoms with Gasteiger partial charge < -0.3 is 20.3 Å². The molecule has 0 fully saturated rings. The summed E-state index contributed by atoms with van der Waals surface area (Å²) >= 11 is 0. The van der Waals surface area contributed by atoms with Crippen LogP contribution in [-0.2, 0) is 9.59 Å². The summed E-state index contributed by atoms with van der Waals surface area (Å²) in [4.78, 5) is 22.1. The van der Waals surface area contributed by atoms with Gasteiger partial charge in [-0.15, -0.1) is 0 Å². The second-order valence-corrected chi connectivity index (χ2v) is 4.15. The van der Waals surface area contributed by atoms with Gasteiger partial charge in [0.05, 0.1) is 6.61 Å². The molecule has 6 nitrogen and oxygen atoms in total. The number of aliphatic carboxylic acids is 1. The van der Waals surface area contributed by atoms with E-state index >= 15 is 0 Å². The van der Waals surface area contributed by atoms with E-state index in [2.05, 4.69) is 5.32 Å². The van der Waals surface area contributed by atoms with Crippen LogP contribution < -0.4 is 10.1 Å². The van der Waals surface area contributed by atoms with Gasteiger partial charge in [-0.3, -0.25) is 4.79 Å². The molecule has 1 rings (SSSR count). The SMILES string of the molecule is Cc1cccc(C)c1OCC(=O)NC(CO)C(=O)O. The molecule has 6 heteroatoms. The third-order valence-electron chi connectivity index (χ3n) is 2.57. The Morgan fingerprint density at radius 3 is 2.37 bits per heavy atom. The molecule has 0 spiro atoms. The average Bonchev–Trinajstić information content (AvgIpc) is 2.35. The minimum absolute atomic E-state index is 0.296. The van der Waals surface area contributed by atoms with Crippen molar-refractivity contribution < 1.29 is 24.5 Å². The van der Waals surface area contributed by atoms with E-state index in [0.29, 0.717) is 5.75 Å². The molecule has 1 unspecified atom stereocenters. The third kappa shape index (κ3) is 4.26. The molecule has 19 heavy (non-hydrogen) atoms. The first-order chi connectivity index (χ1) is 8.95. The molecule has 0 aromatic heterocycles. The molecule has 104 valence electrons. The Bertz CT molecular complexity index is 452. The number of ether oxygens (including phenoxy) is 1. The summed E-state index contributed by atoms with van der Waals surface area (Å²) in [7, 11) is 0. The van der Waals surface area contributed by atoms with Crippen LogP contribution in [0.5, 0.6) is 5.75 Å². The number of hydrogen-bond donors (Lipinski definition) is 3. The Morgan fingerprint density at radius 1 is 1.32 bits per heavy atom. The molecule has 1 atom stereocenters. The van der Waals surface area contributed by atoms with Crippen LogP contribution in [0.2, 0.25) is 0 Å². The standard InChI is InChI=1S/C13H17NO5/c1-8-4-3-5-9(2)12(8)19-7-11(16)14-10(6-15)13(17)18/h3-5,10,15H,6-7H2,1-2H3,(H,14,16)(H,17,18). The molecule has 0 heterocycles. The second-order valence-electron chi connectivity index (χ2n) is 4.15. The number of carbonyl (C=O) groups excluding carboxylic acids is 1. The van der Waals surface area contributed by atoms with E-state index in [1.807, 2.05) is 32.0 Å². The molecule has 3 N–H and O–H groups in total. The smallest absolute Gasteiger partial charge is 0.328 e. The van der Waals surface area contributed by atoms with Crippen molar-refractivity contribution in [2.24, 2.45) is 0 Å². The maximum Gasteiger partial charge on any atom is 0.328 e. The van der Waals surface area contributed by atoms with Gasteiger partial charge in [0.25, 0.3) is 5.91 Å². The van der Waals surface area contributed by atoms with Gasteiger partial charge in [0.2, 0.25) is 0 Å². The lowest BCUT2D eigenvalue weighted by molar-refractivity contribution is -0.143. The van der Waals surface area contributed by atoms with Crippen LogP contribution in [0.25, 0.3) is 0 Å². The zero-order valence-electron chi connectivity index (χ0n) is 10.8. The molecule has 0 aliphatic rings. The fourth-order valence-electron chi connectivity index (χ4n) is 1.59. The van der Waals surface area contributed by atoms with Gasteiger partial charge in [-0.2, -0.15) is 0 Å². The Hall–Kier alpha value is -2.08. The van der Waals surface area contributed by atoms with Crippen molar-refractivity contribution >= 4 is 11.9 Å². The molecule has 0 bridgehead atoms. The van der Waals surface area contributed by atoms with Crippen LogP contribution in [0.15, 0.2) is 18.2 Å². The number of benzene rings is 1. The quantitative estimate of drug-likeness (QED) is 0.686. The minimum atomic E-state index is -1.31. The average molecular weight is 267 g/mol. The van der Waals surface area contributed by atoms with E-state index in [0.717, 1.165) is 11.1 Å². The van der Waals surface area contributed by atoms with Crippen LogP contribution in [0.3, 0.4) is 0 Å². The van der Waals surface area contributed by atoms with Gasteiger partial charge in [-0.25, -0.2) is 4.79 Å². The number of carbonyl (C=O) groups is 2. The number of aliphatic hydroxyl groups is 1. The molecular formula is C13H17NO5. The lowest BCUT2D eigenvalue weighted by atomic mass is 10.1. The summed E-state index contributed by atoms with van der Waals surface area (Å²) in [5.41, 5.74) is 1.79. The number of hydrogen-bond acceptors (Lipinski definition) is 4. The van der Waals surface area contributed by atoms with Gasteiger partial charge in [0.1, 0.15) is 11.8 Å². The van der Waals surface area contributed by atoms with Crippen LogP contribution >= 0.6 is 0 Å². The molecule has 1 aromatic rings. The van der Waals surface area contributed by atoms with Crippen LogP contribution in [0.4, 0.5) is 0 Å². The highest BCUT2D eigenvalue weighted by Gasteiger charge is 2.19. The molecule has 0 saturated carbocycles. The van der Waals surface area contributed by atoms with Gasteiger partial charge in [0, 0.05) is 0 Å². The summed E-state index contributed by atoms with van der Waals surface area (Å²) in [5, 5.41) is 19.6. The van der Waals surface area contributed by atoms with Crippen molar-refractivity contribution in [3.05, 3.63) is 29.3 Å². The number of rotatable bonds is 6. The van der Waals surface area contributed by atoms with Crippen molar-refractivity contribution in [3.63, 3.8) is 0 Å². The summed E-state index contributed by atoms with van der Waals surface area (Å²) in [6.07, 6.45) is 0. The Labute approximate surface area is 111 Å². The number of aryl methyl sites for hydroxylation is 2. The van der Waals surface area contributed by atoms with Crippen molar-refractivity contribution in [2.75, 3.05) is 13.2 Å². The zero-order chi connectivity index (χ0) is 14.4. The first-order valence-electron chi connectivity index (χ1n) is 5.77.